The van der Waals surface area contributed by atoms with Crippen LogP contribution in [0, 0.1) is 0 Å². The van der Waals surface area contributed by atoms with Gasteiger partial charge in [-0.2, -0.15) is 0 Å². The number of esters is 2. The van der Waals surface area contributed by atoms with Crippen molar-refractivity contribution in [2.24, 2.45) is 0 Å². The van der Waals surface area contributed by atoms with E-state index in [-0.39, 0.29) is 12.8 Å². The third kappa shape index (κ3) is 45.3. The van der Waals surface area contributed by atoms with Crippen LogP contribution in [0.3, 0.4) is 0 Å². The van der Waals surface area contributed by atoms with Gasteiger partial charge >= 0.3 is 27.6 Å². The van der Waals surface area contributed by atoms with Crippen LogP contribution in [0.1, 0.15) is 136 Å². The zero-order valence-corrected chi connectivity index (χ0v) is 40.0. The van der Waals surface area contributed by atoms with Gasteiger partial charge in [-0.3, -0.25) is 23.2 Å². The molecule has 0 bridgehead atoms. The van der Waals surface area contributed by atoms with E-state index in [0.29, 0.717) is 25.7 Å². The number of phosphoric ester groups is 2. The smallest absolute Gasteiger partial charge is 0.462 e. The summed E-state index contributed by atoms with van der Waals surface area (Å²) < 4.78 is 47.7. The number of aliphatic hydroxyl groups excluding tert-OH is 2. The Labute approximate surface area is 383 Å². The first-order valence-corrected chi connectivity index (χ1v) is 25.7. The average Bonchev–Trinajstić information content (AvgIpc) is 3.25. The second-order valence-corrected chi connectivity index (χ2v) is 17.5. The van der Waals surface area contributed by atoms with E-state index in [1.807, 2.05) is 54.7 Å². The number of carbonyl (C=O) groups is 2. The lowest BCUT2D eigenvalue weighted by Gasteiger charge is -2.20. The van der Waals surface area contributed by atoms with Crippen molar-refractivity contribution in [1.82, 2.24) is 0 Å². The van der Waals surface area contributed by atoms with Gasteiger partial charge in [0, 0.05) is 12.8 Å². The van der Waals surface area contributed by atoms with Crippen LogP contribution < -0.4 is 0 Å². The third-order valence-electron chi connectivity index (χ3n) is 8.73. The minimum atomic E-state index is -4.89. The van der Waals surface area contributed by atoms with E-state index in [9.17, 15) is 33.8 Å². The summed E-state index contributed by atoms with van der Waals surface area (Å²) in [4.78, 5) is 52.7. The number of allylic oxidation sites excluding steroid dienone is 16. The summed E-state index contributed by atoms with van der Waals surface area (Å²) in [6.07, 6.45) is 48.3. The van der Waals surface area contributed by atoms with Gasteiger partial charge in [0.1, 0.15) is 12.7 Å². The van der Waals surface area contributed by atoms with E-state index in [2.05, 4.69) is 71.5 Å². The van der Waals surface area contributed by atoms with E-state index in [1.165, 1.54) is 19.3 Å². The van der Waals surface area contributed by atoms with Crippen LogP contribution in [0.25, 0.3) is 0 Å². The molecule has 2 unspecified atom stereocenters. The zero-order chi connectivity index (χ0) is 47.4. The van der Waals surface area contributed by atoms with Crippen molar-refractivity contribution in [3.63, 3.8) is 0 Å². The molecule has 0 aromatic rings. The Bertz CT molecular complexity index is 1560. The van der Waals surface area contributed by atoms with Crippen LogP contribution in [0.5, 0.6) is 0 Å². The normalized spacial score (nSPS) is 15.4. The van der Waals surface area contributed by atoms with Crippen molar-refractivity contribution in [3.05, 3.63) is 109 Å². The molecule has 0 amide bonds. The van der Waals surface area contributed by atoms with Gasteiger partial charge in [0.2, 0.25) is 0 Å². The molecule has 16 heteroatoms. The standard InChI is InChI=1S/C48H78O14P2/c1-3-5-7-9-11-12-13-14-15-16-17-18-19-24-27-31-35-39-48(52)62-46(43-61-64(56,57)60-41-45(50)40-59-63(53,54)55)42-58-47(51)38-34-30-26-23-21-20-22-25-29-33-37-44(49)36-32-28-10-8-6-4-2/h6,8,11-12,14-15,17-18,20-21,25-26,28-30,32-33,37,44-46,49-50H,3-5,7,9-10,13,16,19,22-24,27,31,34-36,38-43H2,1-2H3,(H,56,57)(H2,53,54,55)/b8-6-,12-11-,15-14-,18-17-,21-20-,29-25-,30-26-,32-28-,37-33+/t44?,45-,46+/m0/s1. The van der Waals surface area contributed by atoms with Crippen molar-refractivity contribution in [2.75, 3.05) is 26.4 Å². The molecule has 4 atom stereocenters. The summed E-state index contributed by atoms with van der Waals surface area (Å²) in [6, 6.07) is 0. The quantitative estimate of drug-likeness (QED) is 0.0127. The van der Waals surface area contributed by atoms with Gasteiger partial charge in [0.15, 0.2) is 6.10 Å². The number of hydrogen-bond donors (Lipinski definition) is 5. The van der Waals surface area contributed by atoms with E-state index in [1.54, 1.807) is 6.08 Å². The highest BCUT2D eigenvalue weighted by atomic mass is 31.2. The maximum absolute atomic E-state index is 12.7. The maximum Gasteiger partial charge on any atom is 0.472 e. The van der Waals surface area contributed by atoms with E-state index in [0.717, 1.165) is 64.2 Å². The summed E-state index contributed by atoms with van der Waals surface area (Å²) in [5.41, 5.74) is 0. The van der Waals surface area contributed by atoms with Crippen LogP contribution in [-0.4, -0.2) is 81.6 Å². The van der Waals surface area contributed by atoms with Crippen LogP contribution in [0.15, 0.2) is 109 Å². The number of phosphoric acid groups is 2. The van der Waals surface area contributed by atoms with E-state index >= 15 is 0 Å². The van der Waals surface area contributed by atoms with Gasteiger partial charge in [-0.15, -0.1) is 0 Å². The minimum Gasteiger partial charge on any atom is -0.462 e. The summed E-state index contributed by atoms with van der Waals surface area (Å²) in [5, 5.41) is 19.8. The molecule has 0 aliphatic heterocycles. The molecular weight excluding hydrogens is 862 g/mol. The van der Waals surface area contributed by atoms with Gasteiger partial charge in [0.25, 0.3) is 0 Å². The highest BCUT2D eigenvalue weighted by molar-refractivity contribution is 7.47. The fourth-order valence-electron chi connectivity index (χ4n) is 5.29. The lowest BCUT2D eigenvalue weighted by atomic mass is 10.1. The van der Waals surface area contributed by atoms with Crippen molar-refractivity contribution in [2.45, 2.75) is 154 Å². The summed E-state index contributed by atoms with van der Waals surface area (Å²) in [6.45, 7) is 1.41. The highest BCUT2D eigenvalue weighted by Crippen LogP contribution is 2.43. The molecule has 0 aliphatic rings. The zero-order valence-electron chi connectivity index (χ0n) is 38.2. The number of hydrogen-bond acceptors (Lipinski definition) is 11. The second-order valence-electron chi connectivity index (χ2n) is 14.8. The highest BCUT2D eigenvalue weighted by Gasteiger charge is 2.28. The van der Waals surface area contributed by atoms with Crippen molar-refractivity contribution in [3.8, 4) is 0 Å². The van der Waals surface area contributed by atoms with Crippen molar-refractivity contribution in [1.29, 1.82) is 0 Å². The Hall–Kier alpha value is -3.26. The number of rotatable bonds is 41. The predicted molar refractivity (Wildman–Crippen MR) is 254 cm³/mol. The van der Waals surface area contributed by atoms with Crippen molar-refractivity contribution < 1.29 is 66.7 Å². The van der Waals surface area contributed by atoms with Crippen LogP contribution >= 0.6 is 15.6 Å². The Morgan fingerprint density at radius 1 is 0.531 bits per heavy atom. The van der Waals surface area contributed by atoms with Gasteiger partial charge in [0.05, 0.1) is 25.9 Å². The molecule has 0 aromatic heterocycles. The Morgan fingerprint density at radius 3 is 1.69 bits per heavy atom. The Morgan fingerprint density at radius 2 is 1.06 bits per heavy atom. The Kier molecular flexibility index (Phi) is 40.2. The molecule has 0 aliphatic carbocycles. The fourth-order valence-corrected chi connectivity index (χ4v) is 6.44. The van der Waals surface area contributed by atoms with Gasteiger partial charge < -0.3 is 34.4 Å². The first-order chi connectivity index (χ1) is 30.8. The SMILES string of the molecule is CC/C=C\C/C=C\CC(O)/C=C/C=C\C/C=C\C/C=C\CCC(=O)OC[C@H](COP(=O)(O)OC[C@@H](O)COP(=O)(O)O)OC(=O)CCCCCC/C=C\C/C=C\C/C=C\CCCCC. The monoisotopic (exact) mass is 940 g/mol. The van der Waals surface area contributed by atoms with Crippen molar-refractivity contribution >= 4 is 27.6 Å². The second kappa shape index (κ2) is 42.4. The average molecular weight is 941 g/mol. The number of carbonyl (C=O) groups excluding carboxylic acids is 2. The molecule has 0 aromatic carbocycles. The lowest BCUT2D eigenvalue weighted by Crippen LogP contribution is -2.29. The molecule has 14 nitrogen and oxygen atoms in total. The van der Waals surface area contributed by atoms with Crippen LogP contribution in [0.4, 0.5) is 0 Å². The van der Waals surface area contributed by atoms with Gasteiger partial charge in [-0.1, -0.05) is 149 Å². The van der Waals surface area contributed by atoms with Crippen LogP contribution in [0.2, 0.25) is 0 Å². The molecule has 0 saturated carbocycles. The molecule has 0 spiro atoms. The molecule has 364 valence electrons. The molecule has 0 fully saturated rings. The molecule has 0 rings (SSSR count). The third-order valence-corrected chi connectivity index (χ3v) is 10.2. The topological polar surface area (TPSA) is 216 Å². The lowest BCUT2D eigenvalue weighted by molar-refractivity contribution is -0.161. The van der Waals surface area contributed by atoms with E-state index < -0.39 is 72.3 Å². The summed E-state index contributed by atoms with van der Waals surface area (Å²) in [7, 11) is -9.74. The van der Waals surface area contributed by atoms with Gasteiger partial charge in [-0.25, -0.2) is 9.13 Å². The first-order valence-electron chi connectivity index (χ1n) is 22.7. The predicted octanol–water partition coefficient (Wildman–Crippen LogP) is 10.9. The summed E-state index contributed by atoms with van der Waals surface area (Å²) in [5.74, 6) is -1.20. The number of aliphatic hydroxyl groups is 2. The molecule has 0 heterocycles. The minimum absolute atomic E-state index is 0.0350. The first kappa shape index (κ1) is 60.7. The largest absolute Gasteiger partial charge is 0.472 e. The molecule has 0 radical (unpaired) electrons. The fraction of sp³-hybridized carbons (Fsp3) is 0.583. The van der Waals surface area contributed by atoms with E-state index in [4.69, 9.17) is 23.8 Å². The molecule has 64 heavy (non-hydrogen) atoms. The molecular formula is C48H78O14P2. The van der Waals surface area contributed by atoms with Gasteiger partial charge in [-0.05, 0) is 83.5 Å². The number of unbranched alkanes of at least 4 members (excludes halogenated alkanes) is 7. The van der Waals surface area contributed by atoms with Crippen LogP contribution in [-0.2, 0) is 41.8 Å². The number of ether oxygens (including phenoxy) is 2. The summed E-state index contributed by atoms with van der Waals surface area (Å²) >= 11 is 0. The Balaban J connectivity index is 4.73. The maximum atomic E-state index is 12.7. The molecule has 0 saturated heterocycles. The molecule has 5 N–H and O–H groups in total.